The maximum atomic E-state index is 10.3. The third kappa shape index (κ3) is 4.24. The molecule has 0 amide bonds. The molecule has 1 aromatic carbocycles. The summed E-state index contributed by atoms with van der Waals surface area (Å²) in [6.07, 6.45) is 5.57. The summed E-state index contributed by atoms with van der Waals surface area (Å²) in [4.78, 5) is 0. The lowest BCUT2D eigenvalue weighted by molar-refractivity contribution is 0.170. The van der Waals surface area contributed by atoms with E-state index in [1.54, 1.807) is 0 Å². The molecular weight excluding hydrogens is 266 g/mol. The minimum atomic E-state index is -0.399. The molecule has 1 aliphatic carbocycles. The Morgan fingerprint density at radius 2 is 1.85 bits per heavy atom. The van der Waals surface area contributed by atoms with E-state index in [0.717, 1.165) is 10.8 Å². The van der Waals surface area contributed by atoms with Crippen molar-refractivity contribution in [3.8, 4) is 0 Å². The first-order valence-corrected chi connectivity index (χ1v) is 8.93. The Labute approximate surface area is 127 Å². The molecule has 0 radical (unpaired) electrons. The second-order valence-corrected chi connectivity index (χ2v) is 7.25. The summed E-state index contributed by atoms with van der Waals surface area (Å²) in [7, 11) is 0. The number of thioether (sulfide) groups is 1. The van der Waals surface area contributed by atoms with E-state index in [4.69, 9.17) is 0 Å². The van der Waals surface area contributed by atoms with Crippen molar-refractivity contribution in [2.24, 2.45) is 0 Å². The molecule has 3 atom stereocenters. The Bertz CT molecular complexity index is 404. The van der Waals surface area contributed by atoms with Crippen LogP contribution in [0, 0.1) is 0 Å². The van der Waals surface area contributed by atoms with Gasteiger partial charge in [-0.3, -0.25) is 0 Å². The summed E-state index contributed by atoms with van der Waals surface area (Å²) in [6, 6.07) is 8.95. The van der Waals surface area contributed by atoms with Gasteiger partial charge in [0.15, 0.2) is 0 Å². The van der Waals surface area contributed by atoms with Crippen LogP contribution in [0.25, 0.3) is 0 Å². The molecule has 2 N–H and O–H groups in total. The molecule has 0 saturated heterocycles. The lowest BCUT2D eigenvalue weighted by Gasteiger charge is -2.17. The van der Waals surface area contributed by atoms with Gasteiger partial charge in [-0.2, -0.15) is 11.8 Å². The predicted molar refractivity (Wildman–Crippen MR) is 88.4 cm³/mol. The van der Waals surface area contributed by atoms with Crippen molar-refractivity contribution in [1.82, 2.24) is 5.32 Å². The molecule has 0 aromatic heterocycles. The van der Waals surface area contributed by atoms with E-state index in [2.05, 4.69) is 49.7 Å². The fraction of sp³-hybridized carbons (Fsp3) is 0.647. The minimum Gasteiger partial charge on any atom is -0.387 e. The standard InChI is InChI=1S/C17H27NOS/c1-12(2)13-4-6-14(7-5-13)17(19)11-18-15-8-9-16(10-15)20-3/h4-7,12,15-19H,8-11H2,1-3H3. The van der Waals surface area contributed by atoms with Crippen LogP contribution in [0.5, 0.6) is 0 Å². The normalized spacial score (nSPS) is 24.2. The van der Waals surface area contributed by atoms with Gasteiger partial charge < -0.3 is 10.4 Å². The number of nitrogens with one attached hydrogen (secondary N) is 1. The average molecular weight is 293 g/mol. The zero-order valence-corrected chi connectivity index (χ0v) is 13.6. The van der Waals surface area contributed by atoms with Crippen molar-refractivity contribution in [2.75, 3.05) is 12.8 Å². The van der Waals surface area contributed by atoms with Crippen molar-refractivity contribution >= 4 is 11.8 Å². The highest BCUT2D eigenvalue weighted by atomic mass is 32.2. The maximum absolute atomic E-state index is 10.3. The molecule has 1 aliphatic rings. The first-order chi connectivity index (χ1) is 9.60. The number of benzene rings is 1. The average Bonchev–Trinajstić information content (AvgIpc) is 2.93. The summed E-state index contributed by atoms with van der Waals surface area (Å²) in [6.45, 7) is 5.04. The molecule has 0 spiro atoms. The van der Waals surface area contributed by atoms with Gasteiger partial charge in [-0.15, -0.1) is 0 Å². The molecule has 1 fully saturated rings. The van der Waals surface area contributed by atoms with Crippen molar-refractivity contribution in [3.05, 3.63) is 35.4 Å². The summed E-state index contributed by atoms with van der Waals surface area (Å²) in [5, 5.41) is 14.6. The third-order valence-corrected chi connectivity index (χ3v) is 5.40. The molecule has 0 heterocycles. The second-order valence-electron chi connectivity index (χ2n) is 6.11. The van der Waals surface area contributed by atoms with E-state index >= 15 is 0 Å². The Morgan fingerprint density at radius 1 is 1.20 bits per heavy atom. The minimum absolute atomic E-state index is 0.399. The molecule has 2 rings (SSSR count). The maximum Gasteiger partial charge on any atom is 0.0914 e. The molecule has 3 heteroatoms. The molecule has 1 saturated carbocycles. The Hall–Kier alpha value is -0.510. The summed E-state index contributed by atoms with van der Waals surface area (Å²) >= 11 is 1.97. The number of hydrogen-bond acceptors (Lipinski definition) is 3. The summed E-state index contributed by atoms with van der Waals surface area (Å²) < 4.78 is 0. The van der Waals surface area contributed by atoms with Gasteiger partial charge in [0.05, 0.1) is 6.10 Å². The van der Waals surface area contributed by atoms with Crippen LogP contribution in [-0.4, -0.2) is 29.2 Å². The van der Waals surface area contributed by atoms with E-state index in [1.807, 2.05) is 11.8 Å². The lowest BCUT2D eigenvalue weighted by atomic mass is 10.00. The highest BCUT2D eigenvalue weighted by Gasteiger charge is 2.24. The summed E-state index contributed by atoms with van der Waals surface area (Å²) in [5.41, 5.74) is 2.34. The molecule has 112 valence electrons. The predicted octanol–water partition coefficient (Wildman–Crippen LogP) is 3.72. The van der Waals surface area contributed by atoms with E-state index in [0.29, 0.717) is 18.5 Å². The highest BCUT2D eigenvalue weighted by molar-refractivity contribution is 7.99. The van der Waals surface area contributed by atoms with Crippen LogP contribution in [0.2, 0.25) is 0 Å². The van der Waals surface area contributed by atoms with Crippen LogP contribution in [0.3, 0.4) is 0 Å². The summed E-state index contributed by atoms with van der Waals surface area (Å²) in [5.74, 6) is 0.543. The molecular formula is C17H27NOS. The number of aliphatic hydroxyl groups excluding tert-OH is 1. The van der Waals surface area contributed by atoms with E-state index in [9.17, 15) is 5.11 Å². The zero-order chi connectivity index (χ0) is 14.5. The largest absolute Gasteiger partial charge is 0.387 e. The van der Waals surface area contributed by atoms with Crippen LogP contribution in [0.15, 0.2) is 24.3 Å². The third-order valence-electron chi connectivity index (χ3n) is 4.31. The van der Waals surface area contributed by atoms with Crippen LogP contribution < -0.4 is 5.32 Å². The first kappa shape index (κ1) is 15.9. The quantitative estimate of drug-likeness (QED) is 0.838. The van der Waals surface area contributed by atoms with Crippen LogP contribution >= 0.6 is 11.8 Å². The van der Waals surface area contributed by atoms with Gasteiger partial charge in [-0.05, 0) is 42.6 Å². The molecule has 20 heavy (non-hydrogen) atoms. The van der Waals surface area contributed by atoms with Gasteiger partial charge >= 0.3 is 0 Å². The lowest BCUT2D eigenvalue weighted by Crippen LogP contribution is -2.31. The van der Waals surface area contributed by atoms with Crippen LogP contribution in [0.1, 0.15) is 56.3 Å². The van der Waals surface area contributed by atoms with E-state index in [1.165, 1.54) is 24.8 Å². The molecule has 3 unspecified atom stereocenters. The fourth-order valence-electron chi connectivity index (χ4n) is 2.84. The number of rotatable bonds is 6. The first-order valence-electron chi connectivity index (χ1n) is 7.64. The van der Waals surface area contributed by atoms with E-state index < -0.39 is 6.10 Å². The number of hydrogen-bond donors (Lipinski definition) is 2. The Balaban J connectivity index is 1.81. The SMILES string of the molecule is CSC1CCC(NCC(O)c2ccc(C(C)C)cc2)C1. The molecule has 1 aromatic rings. The molecule has 0 bridgehead atoms. The molecule has 0 aliphatic heterocycles. The number of aliphatic hydroxyl groups is 1. The van der Waals surface area contributed by atoms with Gasteiger partial charge in [0, 0.05) is 17.8 Å². The van der Waals surface area contributed by atoms with Crippen molar-refractivity contribution in [1.29, 1.82) is 0 Å². The zero-order valence-electron chi connectivity index (χ0n) is 12.8. The van der Waals surface area contributed by atoms with Gasteiger partial charge in [0.25, 0.3) is 0 Å². The monoisotopic (exact) mass is 293 g/mol. The van der Waals surface area contributed by atoms with Crippen molar-refractivity contribution in [2.45, 2.75) is 56.4 Å². The molecule has 2 nitrogen and oxygen atoms in total. The topological polar surface area (TPSA) is 32.3 Å². The van der Waals surface area contributed by atoms with Crippen LogP contribution in [-0.2, 0) is 0 Å². The van der Waals surface area contributed by atoms with Crippen molar-refractivity contribution < 1.29 is 5.11 Å². The van der Waals surface area contributed by atoms with Crippen LogP contribution in [0.4, 0.5) is 0 Å². The van der Waals surface area contributed by atoms with Gasteiger partial charge in [0.2, 0.25) is 0 Å². The van der Waals surface area contributed by atoms with Gasteiger partial charge in [-0.1, -0.05) is 38.1 Å². The Kier molecular flexibility index (Phi) is 5.94. The fourth-order valence-corrected chi connectivity index (χ4v) is 3.64. The van der Waals surface area contributed by atoms with Crippen molar-refractivity contribution in [3.63, 3.8) is 0 Å². The van der Waals surface area contributed by atoms with Gasteiger partial charge in [-0.25, -0.2) is 0 Å². The van der Waals surface area contributed by atoms with E-state index in [-0.39, 0.29) is 0 Å². The highest BCUT2D eigenvalue weighted by Crippen LogP contribution is 2.28. The smallest absolute Gasteiger partial charge is 0.0914 e. The van der Waals surface area contributed by atoms with Gasteiger partial charge in [0.1, 0.15) is 0 Å². The second kappa shape index (κ2) is 7.48. The Morgan fingerprint density at radius 3 is 2.40 bits per heavy atom.